The molecule has 0 bridgehead atoms. The minimum atomic E-state index is -0.994. The Kier molecular flexibility index (Phi) is 6.44. The monoisotopic (exact) mass is 379 g/mol. The van der Waals surface area contributed by atoms with Crippen molar-refractivity contribution < 1.29 is 13.9 Å². The second-order valence-corrected chi connectivity index (χ2v) is 7.58. The van der Waals surface area contributed by atoms with Gasteiger partial charge in [0.15, 0.2) is 0 Å². The number of ether oxygens (including phenoxy) is 2. The van der Waals surface area contributed by atoms with E-state index < -0.39 is 12.3 Å². The van der Waals surface area contributed by atoms with E-state index in [1.165, 1.54) is 0 Å². The van der Waals surface area contributed by atoms with Crippen molar-refractivity contribution in [3.05, 3.63) is 64.7 Å². The van der Waals surface area contributed by atoms with E-state index in [1.807, 2.05) is 30.3 Å². The molecule has 132 valence electrons. The van der Waals surface area contributed by atoms with Gasteiger partial charge in [-0.2, -0.15) is 11.8 Å². The lowest BCUT2D eigenvalue weighted by Crippen LogP contribution is -2.32. The standard InChI is InChI=1S/C19H19ClFNO2S/c20-15-5-1-13(2-6-15)9-23-11-18-19(17(21)12-25-18)24-10-14-3-7-16(22)8-4-14/h1-3,5-7,17-19H,9-12,22H2/t17-,18-,19+/m1/s1. The molecule has 0 unspecified atom stereocenters. The van der Waals surface area contributed by atoms with Crippen LogP contribution in [0.2, 0.25) is 5.02 Å². The zero-order valence-electron chi connectivity index (χ0n) is 13.6. The molecule has 2 aromatic carbocycles. The Balaban J connectivity index is 1.48. The number of nitrogens with two attached hydrogens (primary N) is 1. The van der Waals surface area contributed by atoms with Crippen molar-refractivity contribution in [2.24, 2.45) is 0 Å². The Bertz CT molecular complexity index is 668. The van der Waals surface area contributed by atoms with Crippen LogP contribution >= 0.6 is 23.4 Å². The van der Waals surface area contributed by atoms with Crippen LogP contribution in [0.15, 0.2) is 36.4 Å². The van der Waals surface area contributed by atoms with Crippen molar-refractivity contribution in [3.8, 4) is 0 Å². The largest absolute Gasteiger partial charge is 0.392 e. The third-order valence-corrected chi connectivity index (χ3v) is 5.51. The quantitative estimate of drug-likeness (QED) is 0.787. The van der Waals surface area contributed by atoms with E-state index in [-0.39, 0.29) is 11.9 Å². The molecule has 0 amide bonds. The van der Waals surface area contributed by atoms with Gasteiger partial charge < -0.3 is 15.2 Å². The van der Waals surface area contributed by atoms with Crippen LogP contribution in [0.25, 0.3) is 0 Å². The number of thioether (sulfide) groups is 1. The fourth-order valence-electron chi connectivity index (χ4n) is 2.56. The highest BCUT2D eigenvalue weighted by Gasteiger charge is 2.38. The highest BCUT2D eigenvalue weighted by atomic mass is 35.5. The van der Waals surface area contributed by atoms with E-state index in [1.54, 1.807) is 17.8 Å². The van der Waals surface area contributed by atoms with Crippen molar-refractivity contribution in [2.45, 2.75) is 30.7 Å². The highest BCUT2D eigenvalue weighted by molar-refractivity contribution is 8.00. The van der Waals surface area contributed by atoms with Crippen molar-refractivity contribution in [3.63, 3.8) is 0 Å². The summed E-state index contributed by atoms with van der Waals surface area (Å²) in [6.07, 6.45) is -1.48. The van der Waals surface area contributed by atoms with E-state index in [4.69, 9.17) is 26.8 Å². The van der Waals surface area contributed by atoms with Gasteiger partial charge in [-0.15, -0.1) is 0 Å². The van der Waals surface area contributed by atoms with Gasteiger partial charge in [-0.3, -0.25) is 0 Å². The summed E-state index contributed by atoms with van der Waals surface area (Å²) in [7, 11) is 0. The van der Waals surface area contributed by atoms with Gasteiger partial charge in [0.1, 0.15) is 12.3 Å². The van der Waals surface area contributed by atoms with E-state index >= 15 is 0 Å². The number of hydrogen-bond acceptors (Lipinski definition) is 4. The first-order chi connectivity index (χ1) is 12.1. The van der Waals surface area contributed by atoms with Gasteiger partial charge in [0.25, 0.3) is 0 Å². The van der Waals surface area contributed by atoms with Gasteiger partial charge in [0, 0.05) is 16.3 Å². The third kappa shape index (κ3) is 5.26. The molecule has 2 aromatic rings. The van der Waals surface area contributed by atoms with Gasteiger partial charge in [-0.1, -0.05) is 29.8 Å². The van der Waals surface area contributed by atoms with Gasteiger partial charge in [-0.25, -0.2) is 4.39 Å². The van der Waals surface area contributed by atoms with Crippen LogP contribution < -0.4 is 5.73 Å². The van der Waals surface area contributed by atoms with Crippen LogP contribution in [0.1, 0.15) is 11.1 Å². The second kappa shape index (κ2) is 8.77. The average molecular weight is 380 g/mol. The molecular weight excluding hydrogens is 361 g/mol. The van der Waals surface area contributed by atoms with Gasteiger partial charge in [0.2, 0.25) is 0 Å². The number of nitrogen functional groups attached to an aromatic ring is 1. The molecule has 1 fully saturated rings. The molecule has 3 rings (SSSR count). The van der Waals surface area contributed by atoms with Crippen LogP contribution in [-0.2, 0) is 22.7 Å². The molecule has 0 aliphatic carbocycles. The summed E-state index contributed by atoms with van der Waals surface area (Å²) in [5.41, 5.74) is 7.95. The number of anilines is 1. The van der Waals surface area contributed by atoms with Crippen LogP contribution in [0.4, 0.5) is 10.1 Å². The summed E-state index contributed by atoms with van der Waals surface area (Å²) in [6.45, 7) is 1.20. The Morgan fingerprint density at radius 1 is 1.16 bits per heavy atom. The normalized spacial score (nSPS) is 22.7. The Morgan fingerprint density at radius 3 is 2.68 bits per heavy atom. The van der Waals surface area contributed by atoms with E-state index in [0.717, 1.165) is 11.1 Å². The molecular formula is C19H19ClFNO2S. The molecule has 0 radical (unpaired) electrons. The molecule has 1 saturated heterocycles. The first-order valence-corrected chi connectivity index (χ1v) is 9.42. The van der Waals surface area contributed by atoms with Crippen LogP contribution in [0.3, 0.4) is 0 Å². The molecule has 0 spiro atoms. The summed E-state index contributed by atoms with van der Waals surface area (Å²) in [5.74, 6) is 0.428. The van der Waals surface area contributed by atoms with Gasteiger partial charge >= 0.3 is 0 Å². The van der Waals surface area contributed by atoms with Crippen LogP contribution in [0.5, 0.6) is 0 Å². The summed E-state index contributed by atoms with van der Waals surface area (Å²) < 4.78 is 25.7. The Hall–Kier alpha value is -1.45. The topological polar surface area (TPSA) is 44.5 Å². The van der Waals surface area contributed by atoms with Crippen molar-refractivity contribution in [2.75, 3.05) is 18.1 Å². The minimum Gasteiger partial charge on any atom is -0.392 e. The lowest BCUT2D eigenvalue weighted by Gasteiger charge is -2.20. The van der Waals surface area contributed by atoms with E-state index in [9.17, 15) is 4.39 Å². The molecule has 0 saturated carbocycles. The highest BCUT2D eigenvalue weighted by Crippen LogP contribution is 2.32. The van der Waals surface area contributed by atoms with Crippen molar-refractivity contribution in [1.82, 2.24) is 0 Å². The molecule has 1 heterocycles. The predicted molar refractivity (Wildman–Crippen MR) is 99.4 cm³/mol. The summed E-state index contributed by atoms with van der Waals surface area (Å²) in [5, 5.41) is 0.667. The SMILES string of the molecule is Nc1c#cc(CO[C@H]2[C@H](F)CS[C@@H]2COCc2ccc(Cl)cc2)cc1. The van der Waals surface area contributed by atoms with Gasteiger partial charge in [-0.05, 0) is 35.9 Å². The number of hydrogen-bond donors (Lipinski definition) is 1. The van der Waals surface area contributed by atoms with Crippen LogP contribution in [0, 0.1) is 12.1 Å². The van der Waals surface area contributed by atoms with Crippen molar-refractivity contribution in [1.29, 1.82) is 0 Å². The van der Waals surface area contributed by atoms with E-state index in [2.05, 4.69) is 12.1 Å². The second-order valence-electron chi connectivity index (χ2n) is 5.87. The zero-order chi connectivity index (χ0) is 17.6. The number of benzene rings is 1. The maximum atomic E-state index is 14.1. The smallest absolute Gasteiger partial charge is 0.136 e. The summed E-state index contributed by atoms with van der Waals surface area (Å²) >= 11 is 7.41. The first-order valence-electron chi connectivity index (χ1n) is 7.99. The van der Waals surface area contributed by atoms with Crippen LogP contribution in [-0.4, -0.2) is 29.9 Å². The number of halogens is 2. The molecule has 3 nitrogen and oxygen atoms in total. The maximum absolute atomic E-state index is 14.1. The fraction of sp³-hybridized carbons (Fsp3) is 0.368. The maximum Gasteiger partial charge on any atom is 0.136 e. The Morgan fingerprint density at radius 2 is 1.96 bits per heavy atom. The lowest BCUT2D eigenvalue weighted by atomic mass is 10.2. The zero-order valence-corrected chi connectivity index (χ0v) is 15.2. The summed E-state index contributed by atoms with van der Waals surface area (Å²) in [4.78, 5) is 0. The average Bonchev–Trinajstić information content (AvgIpc) is 2.96. The summed E-state index contributed by atoms with van der Waals surface area (Å²) in [6, 6.07) is 16.7. The third-order valence-electron chi connectivity index (χ3n) is 3.92. The molecule has 0 aromatic heterocycles. The fourth-order valence-corrected chi connectivity index (χ4v) is 3.94. The minimum absolute atomic E-state index is 0.0277. The first kappa shape index (κ1) is 18.3. The molecule has 1 aliphatic heterocycles. The molecule has 6 heteroatoms. The molecule has 3 atom stereocenters. The molecule has 1 aliphatic rings. The van der Waals surface area contributed by atoms with Crippen molar-refractivity contribution >= 4 is 29.1 Å². The Labute approximate surface area is 156 Å². The molecule has 25 heavy (non-hydrogen) atoms. The van der Waals surface area contributed by atoms with E-state index in [0.29, 0.717) is 29.7 Å². The lowest BCUT2D eigenvalue weighted by molar-refractivity contribution is -0.0167. The number of rotatable bonds is 7. The number of alkyl halides is 1. The molecule has 2 N–H and O–H groups in total. The predicted octanol–water partition coefficient (Wildman–Crippen LogP) is 4.08. The van der Waals surface area contributed by atoms with Gasteiger partial charge in [0.05, 0.1) is 30.8 Å².